The van der Waals surface area contributed by atoms with Crippen molar-refractivity contribution >= 4 is 39.1 Å². The normalized spacial score (nSPS) is 11.2. The molecule has 0 N–H and O–H groups in total. The summed E-state index contributed by atoms with van der Waals surface area (Å²) < 4.78 is 5.76. The minimum absolute atomic E-state index is 0.265. The molecular weight excluding hydrogens is 361 g/mol. The summed E-state index contributed by atoms with van der Waals surface area (Å²) in [4.78, 5) is 0. The zero-order chi connectivity index (χ0) is 15.2. The Balaban J connectivity index is 2.49. The van der Waals surface area contributed by atoms with Crippen molar-refractivity contribution in [3.05, 3.63) is 27.7 Å². The second-order valence-electron chi connectivity index (χ2n) is 5.31. The highest BCUT2D eigenvalue weighted by molar-refractivity contribution is 9.08. The lowest BCUT2D eigenvalue weighted by Crippen LogP contribution is -2.08. The van der Waals surface area contributed by atoms with Gasteiger partial charge in [-0.05, 0) is 45.2 Å². The topological polar surface area (TPSA) is 33.0 Å². The molecule has 1 rings (SSSR count). The van der Waals surface area contributed by atoms with Crippen molar-refractivity contribution in [3.8, 4) is 11.8 Å². The number of rotatable bonds is 7. The first-order valence-corrected chi connectivity index (χ1v) is 8.35. The lowest BCUT2D eigenvalue weighted by atomic mass is 9.89. The molecule has 20 heavy (non-hydrogen) atoms. The van der Waals surface area contributed by atoms with E-state index in [1.165, 1.54) is 0 Å². The fourth-order valence-electron chi connectivity index (χ4n) is 1.77. The van der Waals surface area contributed by atoms with Crippen LogP contribution in [0.4, 0.5) is 0 Å². The van der Waals surface area contributed by atoms with E-state index in [1.54, 1.807) is 6.07 Å². The highest BCUT2D eigenvalue weighted by Gasteiger charge is 2.15. The van der Waals surface area contributed by atoms with Crippen LogP contribution in [0.2, 0.25) is 10.0 Å². The minimum atomic E-state index is -0.265. The van der Waals surface area contributed by atoms with Gasteiger partial charge in [-0.3, -0.25) is 0 Å². The third-order valence-electron chi connectivity index (χ3n) is 2.97. The maximum atomic E-state index is 8.94. The Hall–Kier alpha value is -0.430. The van der Waals surface area contributed by atoms with Crippen molar-refractivity contribution in [1.82, 2.24) is 0 Å². The first kappa shape index (κ1) is 17.6. The lowest BCUT2D eigenvalue weighted by Gasteiger charge is -2.15. The molecule has 0 aromatic heterocycles. The highest BCUT2D eigenvalue weighted by atomic mass is 79.9. The highest BCUT2D eigenvalue weighted by Crippen LogP contribution is 2.34. The van der Waals surface area contributed by atoms with E-state index >= 15 is 0 Å². The number of nitrogens with zero attached hydrogens (tertiary/aromatic N) is 1. The summed E-state index contributed by atoms with van der Waals surface area (Å²) >= 11 is 15.5. The van der Waals surface area contributed by atoms with Crippen molar-refractivity contribution in [2.45, 2.75) is 38.4 Å². The van der Waals surface area contributed by atoms with Gasteiger partial charge in [0.2, 0.25) is 0 Å². The minimum Gasteiger partial charge on any atom is -0.492 e. The van der Waals surface area contributed by atoms with E-state index in [0.29, 0.717) is 27.7 Å². The summed E-state index contributed by atoms with van der Waals surface area (Å²) in [5.41, 5.74) is 0.679. The van der Waals surface area contributed by atoms with E-state index in [9.17, 15) is 0 Å². The Bertz CT molecular complexity index is 497. The van der Waals surface area contributed by atoms with Crippen LogP contribution < -0.4 is 4.74 Å². The molecule has 2 nitrogen and oxygen atoms in total. The SMILES string of the molecule is CC(C)(C#N)CCCCOc1c(Cl)cc(Cl)cc1CBr. The maximum absolute atomic E-state index is 8.94. The Kier molecular flexibility index (Phi) is 7.15. The van der Waals surface area contributed by atoms with Gasteiger partial charge in [-0.25, -0.2) is 0 Å². The fourth-order valence-corrected chi connectivity index (χ4v) is 2.78. The van der Waals surface area contributed by atoms with E-state index in [2.05, 4.69) is 22.0 Å². The van der Waals surface area contributed by atoms with E-state index in [1.807, 2.05) is 19.9 Å². The summed E-state index contributed by atoms with van der Waals surface area (Å²) in [7, 11) is 0. The van der Waals surface area contributed by atoms with Crippen molar-refractivity contribution in [3.63, 3.8) is 0 Å². The molecule has 0 aliphatic carbocycles. The fraction of sp³-hybridized carbons (Fsp3) is 0.533. The number of halogens is 3. The molecule has 0 atom stereocenters. The number of hydrogen-bond donors (Lipinski definition) is 0. The van der Waals surface area contributed by atoms with Gasteiger partial charge in [0.15, 0.2) is 0 Å². The number of unbranched alkanes of at least 4 members (excludes halogenated alkanes) is 1. The maximum Gasteiger partial charge on any atom is 0.142 e. The molecule has 0 bridgehead atoms. The predicted octanol–water partition coefficient (Wildman–Crippen LogP) is 5.99. The van der Waals surface area contributed by atoms with Gasteiger partial charge in [0.25, 0.3) is 0 Å². The average Bonchev–Trinajstić information content (AvgIpc) is 2.39. The molecule has 0 aliphatic rings. The standard InChI is InChI=1S/C15H18BrCl2NO/c1-15(2,10-19)5-3-4-6-20-14-11(9-16)7-12(17)8-13(14)18/h7-8H,3-6,9H2,1-2H3. The number of benzene rings is 1. The van der Waals surface area contributed by atoms with Crippen molar-refractivity contribution < 1.29 is 4.74 Å². The molecule has 0 fully saturated rings. The lowest BCUT2D eigenvalue weighted by molar-refractivity contribution is 0.293. The summed E-state index contributed by atoms with van der Waals surface area (Å²) in [5.74, 6) is 0.687. The number of hydrogen-bond acceptors (Lipinski definition) is 2. The number of nitriles is 1. The molecule has 0 saturated carbocycles. The van der Waals surface area contributed by atoms with E-state index in [0.717, 1.165) is 24.8 Å². The van der Waals surface area contributed by atoms with E-state index < -0.39 is 0 Å². The zero-order valence-corrected chi connectivity index (χ0v) is 14.8. The van der Waals surface area contributed by atoms with Crippen molar-refractivity contribution in [2.75, 3.05) is 6.61 Å². The third-order valence-corrected chi connectivity index (χ3v) is 4.08. The van der Waals surface area contributed by atoms with Crippen LogP contribution in [-0.4, -0.2) is 6.61 Å². The van der Waals surface area contributed by atoms with E-state index in [4.69, 9.17) is 33.2 Å². The van der Waals surface area contributed by atoms with Crippen LogP contribution in [0.25, 0.3) is 0 Å². The monoisotopic (exact) mass is 377 g/mol. The summed E-state index contributed by atoms with van der Waals surface area (Å²) in [6, 6.07) is 5.83. The molecule has 1 aromatic carbocycles. The number of alkyl halides is 1. The smallest absolute Gasteiger partial charge is 0.142 e. The van der Waals surface area contributed by atoms with Crippen LogP contribution in [0.1, 0.15) is 38.7 Å². The van der Waals surface area contributed by atoms with Gasteiger partial charge >= 0.3 is 0 Å². The quantitative estimate of drug-likeness (QED) is 0.431. The Labute approximate surface area is 139 Å². The first-order valence-electron chi connectivity index (χ1n) is 6.47. The zero-order valence-electron chi connectivity index (χ0n) is 11.7. The Morgan fingerprint density at radius 3 is 2.60 bits per heavy atom. The first-order chi connectivity index (χ1) is 9.39. The summed E-state index contributed by atoms with van der Waals surface area (Å²) in [6.07, 6.45) is 2.72. The van der Waals surface area contributed by atoms with Crippen molar-refractivity contribution in [2.24, 2.45) is 5.41 Å². The van der Waals surface area contributed by atoms with Crippen LogP contribution in [0.15, 0.2) is 12.1 Å². The van der Waals surface area contributed by atoms with Gasteiger partial charge in [-0.15, -0.1) is 0 Å². The van der Waals surface area contributed by atoms with Gasteiger partial charge in [0.1, 0.15) is 5.75 Å². The van der Waals surface area contributed by atoms with Gasteiger partial charge in [0.05, 0.1) is 23.1 Å². The average molecular weight is 379 g/mol. The van der Waals surface area contributed by atoms with Crippen LogP contribution in [-0.2, 0) is 5.33 Å². The molecule has 0 amide bonds. The molecular formula is C15H18BrCl2NO. The van der Waals surface area contributed by atoms with Crippen molar-refractivity contribution in [1.29, 1.82) is 5.26 Å². The Morgan fingerprint density at radius 1 is 1.30 bits per heavy atom. The van der Waals surface area contributed by atoms with Gasteiger partial charge in [0, 0.05) is 15.9 Å². The van der Waals surface area contributed by atoms with Crippen LogP contribution in [0.3, 0.4) is 0 Å². The van der Waals surface area contributed by atoms with Crippen LogP contribution in [0, 0.1) is 16.7 Å². The number of ether oxygens (including phenoxy) is 1. The summed E-state index contributed by atoms with van der Waals surface area (Å²) in [6.45, 7) is 4.49. The largest absolute Gasteiger partial charge is 0.492 e. The van der Waals surface area contributed by atoms with E-state index in [-0.39, 0.29) is 5.41 Å². The molecule has 1 aromatic rings. The van der Waals surface area contributed by atoms with Gasteiger partial charge in [-0.1, -0.05) is 39.1 Å². The van der Waals surface area contributed by atoms with Gasteiger partial charge in [-0.2, -0.15) is 5.26 Å². The third kappa shape index (κ3) is 5.52. The predicted molar refractivity (Wildman–Crippen MR) is 87.8 cm³/mol. The molecule has 5 heteroatoms. The van der Waals surface area contributed by atoms with Gasteiger partial charge < -0.3 is 4.74 Å². The molecule has 0 saturated heterocycles. The van der Waals surface area contributed by atoms with Crippen LogP contribution >= 0.6 is 39.1 Å². The molecule has 0 radical (unpaired) electrons. The molecule has 0 aliphatic heterocycles. The molecule has 0 spiro atoms. The second kappa shape index (κ2) is 8.12. The molecule has 0 heterocycles. The second-order valence-corrected chi connectivity index (χ2v) is 6.72. The van der Waals surface area contributed by atoms with Crippen LogP contribution in [0.5, 0.6) is 5.75 Å². The molecule has 110 valence electrons. The summed E-state index contributed by atoms with van der Waals surface area (Å²) in [5, 5.41) is 10.7. The Morgan fingerprint density at radius 2 is 2.00 bits per heavy atom. The molecule has 0 unspecified atom stereocenters.